The standard InChI is InChI=1S/C24H30N4O/c1-3-14-26(4-2)22-12-8-21(9-13-22)24(29)28-16-5-15-27(17-18-28)23-10-6-20(19-25)7-11-23/h6-13H,3-5,14-18H2,1-2H3. The van der Waals surface area contributed by atoms with E-state index in [-0.39, 0.29) is 5.91 Å². The highest BCUT2D eigenvalue weighted by Crippen LogP contribution is 2.20. The molecule has 0 atom stereocenters. The van der Waals surface area contributed by atoms with Gasteiger partial charge in [-0.15, -0.1) is 0 Å². The minimum Gasteiger partial charge on any atom is -0.372 e. The molecule has 0 unspecified atom stereocenters. The summed E-state index contributed by atoms with van der Waals surface area (Å²) in [7, 11) is 0. The molecule has 5 nitrogen and oxygen atoms in total. The molecule has 2 aromatic carbocycles. The number of carbonyl (C=O) groups excluding carboxylic acids is 1. The number of hydrogen-bond donors (Lipinski definition) is 0. The molecule has 1 aliphatic heterocycles. The summed E-state index contributed by atoms with van der Waals surface area (Å²) in [5.41, 5.74) is 3.71. The van der Waals surface area contributed by atoms with E-state index in [2.05, 4.69) is 41.8 Å². The Morgan fingerprint density at radius 2 is 1.72 bits per heavy atom. The fourth-order valence-electron chi connectivity index (χ4n) is 3.86. The summed E-state index contributed by atoms with van der Waals surface area (Å²) in [6.07, 6.45) is 2.04. The third kappa shape index (κ3) is 5.08. The summed E-state index contributed by atoms with van der Waals surface area (Å²) in [4.78, 5) is 19.6. The van der Waals surface area contributed by atoms with Gasteiger partial charge in [0.25, 0.3) is 5.91 Å². The number of carbonyl (C=O) groups is 1. The Morgan fingerprint density at radius 1 is 1.00 bits per heavy atom. The van der Waals surface area contributed by atoms with Gasteiger partial charge in [-0.3, -0.25) is 4.79 Å². The molecule has 1 saturated heterocycles. The summed E-state index contributed by atoms with van der Waals surface area (Å²) in [6, 6.07) is 17.9. The first-order valence-electron chi connectivity index (χ1n) is 10.6. The Hall–Kier alpha value is -3.00. The maximum Gasteiger partial charge on any atom is 0.253 e. The Labute approximate surface area is 174 Å². The molecule has 0 aromatic heterocycles. The molecule has 152 valence electrons. The van der Waals surface area contributed by atoms with Crippen molar-refractivity contribution in [1.82, 2.24) is 4.90 Å². The van der Waals surface area contributed by atoms with Crippen molar-refractivity contribution in [1.29, 1.82) is 5.26 Å². The van der Waals surface area contributed by atoms with E-state index in [1.807, 2.05) is 41.3 Å². The van der Waals surface area contributed by atoms with Crippen LogP contribution in [0.15, 0.2) is 48.5 Å². The Kier molecular flexibility index (Phi) is 7.13. The summed E-state index contributed by atoms with van der Waals surface area (Å²) in [5.74, 6) is 0.108. The second-order valence-electron chi connectivity index (χ2n) is 7.42. The summed E-state index contributed by atoms with van der Waals surface area (Å²) >= 11 is 0. The van der Waals surface area contributed by atoms with Gasteiger partial charge in [0.1, 0.15) is 0 Å². The van der Waals surface area contributed by atoms with Crippen LogP contribution in [0.4, 0.5) is 11.4 Å². The first-order valence-corrected chi connectivity index (χ1v) is 10.6. The molecule has 0 bridgehead atoms. The van der Waals surface area contributed by atoms with E-state index in [1.54, 1.807) is 0 Å². The molecule has 5 heteroatoms. The lowest BCUT2D eigenvalue weighted by Gasteiger charge is -2.24. The number of benzene rings is 2. The van der Waals surface area contributed by atoms with Crippen molar-refractivity contribution >= 4 is 17.3 Å². The van der Waals surface area contributed by atoms with Crippen molar-refractivity contribution in [2.75, 3.05) is 49.1 Å². The number of amides is 1. The largest absolute Gasteiger partial charge is 0.372 e. The predicted molar refractivity (Wildman–Crippen MR) is 119 cm³/mol. The Bertz CT molecular complexity index is 839. The smallest absolute Gasteiger partial charge is 0.253 e. The van der Waals surface area contributed by atoms with Crippen LogP contribution in [-0.2, 0) is 0 Å². The zero-order chi connectivity index (χ0) is 20.6. The molecular formula is C24H30N4O. The number of nitriles is 1. The van der Waals surface area contributed by atoms with Crippen molar-refractivity contribution in [3.05, 3.63) is 59.7 Å². The van der Waals surface area contributed by atoms with Crippen LogP contribution in [0.25, 0.3) is 0 Å². The van der Waals surface area contributed by atoms with Crippen molar-refractivity contribution < 1.29 is 4.79 Å². The average Bonchev–Trinajstić information content (AvgIpc) is 3.03. The normalized spacial score (nSPS) is 14.2. The third-order valence-corrected chi connectivity index (χ3v) is 5.50. The second-order valence-corrected chi connectivity index (χ2v) is 7.42. The fourth-order valence-corrected chi connectivity index (χ4v) is 3.86. The van der Waals surface area contributed by atoms with E-state index in [0.717, 1.165) is 56.8 Å². The first-order chi connectivity index (χ1) is 14.2. The van der Waals surface area contributed by atoms with Crippen LogP contribution in [0.1, 0.15) is 42.6 Å². The van der Waals surface area contributed by atoms with Gasteiger partial charge >= 0.3 is 0 Å². The van der Waals surface area contributed by atoms with Gasteiger partial charge < -0.3 is 14.7 Å². The Balaban J connectivity index is 1.63. The second kappa shape index (κ2) is 9.97. The maximum atomic E-state index is 13.0. The van der Waals surface area contributed by atoms with Gasteiger partial charge in [-0.1, -0.05) is 6.92 Å². The summed E-state index contributed by atoms with van der Waals surface area (Å²) in [5, 5.41) is 8.97. The molecule has 0 spiro atoms. The van der Waals surface area contributed by atoms with E-state index in [1.165, 1.54) is 5.69 Å². The molecule has 1 amide bonds. The molecule has 1 fully saturated rings. The minimum atomic E-state index is 0.108. The lowest BCUT2D eigenvalue weighted by atomic mass is 10.1. The van der Waals surface area contributed by atoms with Crippen LogP contribution < -0.4 is 9.80 Å². The topological polar surface area (TPSA) is 50.6 Å². The minimum absolute atomic E-state index is 0.108. The van der Waals surface area contributed by atoms with Crippen molar-refractivity contribution in [3.63, 3.8) is 0 Å². The quantitative estimate of drug-likeness (QED) is 0.744. The van der Waals surface area contributed by atoms with Gasteiger partial charge in [-0.2, -0.15) is 5.26 Å². The van der Waals surface area contributed by atoms with Crippen molar-refractivity contribution in [3.8, 4) is 6.07 Å². The third-order valence-electron chi connectivity index (χ3n) is 5.50. The lowest BCUT2D eigenvalue weighted by molar-refractivity contribution is 0.0767. The van der Waals surface area contributed by atoms with Gasteiger partial charge in [0, 0.05) is 56.2 Å². The van der Waals surface area contributed by atoms with E-state index < -0.39 is 0 Å². The molecule has 0 N–H and O–H groups in total. The van der Waals surface area contributed by atoms with Crippen LogP contribution in [0.5, 0.6) is 0 Å². The Morgan fingerprint density at radius 3 is 2.34 bits per heavy atom. The van der Waals surface area contributed by atoms with Gasteiger partial charge in [0.2, 0.25) is 0 Å². The monoisotopic (exact) mass is 390 g/mol. The van der Waals surface area contributed by atoms with Crippen LogP contribution in [0, 0.1) is 11.3 Å². The molecule has 2 aromatic rings. The van der Waals surface area contributed by atoms with Gasteiger partial charge in [-0.05, 0) is 68.3 Å². The van der Waals surface area contributed by atoms with Crippen LogP contribution in [-0.4, -0.2) is 50.1 Å². The van der Waals surface area contributed by atoms with E-state index >= 15 is 0 Å². The SMILES string of the molecule is CCCN(CC)c1ccc(C(=O)N2CCCN(c3ccc(C#N)cc3)CC2)cc1. The highest BCUT2D eigenvalue weighted by Gasteiger charge is 2.20. The fraction of sp³-hybridized carbons (Fsp3) is 0.417. The van der Waals surface area contributed by atoms with Crippen LogP contribution in [0.3, 0.4) is 0 Å². The van der Waals surface area contributed by atoms with Gasteiger partial charge in [0.05, 0.1) is 11.6 Å². The van der Waals surface area contributed by atoms with Crippen molar-refractivity contribution in [2.24, 2.45) is 0 Å². The zero-order valence-electron chi connectivity index (χ0n) is 17.5. The molecule has 0 aliphatic carbocycles. The average molecular weight is 391 g/mol. The molecule has 1 aliphatic rings. The van der Waals surface area contributed by atoms with E-state index in [0.29, 0.717) is 12.1 Å². The predicted octanol–water partition coefficient (Wildman–Crippen LogP) is 4.15. The molecule has 1 heterocycles. The van der Waals surface area contributed by atoms with Gasteiger partial charge in [-0.25, -0.2) is 0 Å². The van der Waals surface area contributed by atoms with Crippen molar-refractivity contribution in [2.45, 2.75) is 26.7 Å². The molecule has 0 radical (unpaired) electrons. The summed E-state index contributed by atoms with van der Waals surface area (Å²) < 4.78 is 0. The van der Waals surface area contributed by atoms with Crippen LogP contribution in [0.2, 0.25) is 0 Å². The number of nitrogens with zero attached hydrogens (tertiary/aromatic N) is 4. The highest BCUT2D eigenvalue weighted by atomic mass is 16.2. The van der Waals surface area contributed by atoms with E-state index in [9.17, 15) is 4.79 Å². The molecule has 29 heavy (non-hydrogen) atoms. The molecular weight excluding hydrogens is 360 g/mol. The highest BCUT2D eigenvalue weighted by molar-refractivity contribution is 5.94. The zero-order valence-corrected chi connectivity index (χ0v) is 17.5. The molecule has 0 saturated carbocycles. The first kappa shape index (κ1) is 20.7. The number of hydrogen-bond acceptors (Lipinski definition) is 4. The number of anilines is 2. The summed E-state index contributed by atoms with van der Waals surface area (Å²) in [6.45, 7) is 9.53. The van der Waals surface area contributed by atoms with Gasteiger partial charge in [0.15, 0.2) is 0 Å². The lowest BCUT2D eigenvalue weighted by Crippen LogP contribution is -2.35. The van der Waals surface area contributed by atoms with E-state index in [4.69, 9.17) is 5.26 Å². The molecule has 3 rings (SSSR count). The number of rotatable bonds is 6. The van der Waals surface area contributed by atoms with Crippen LogP contribution >= 0.6 is 0 Å². The maximum absolute atomic E-state index is 13.0.